The molecule has 4 heteroatoms. The summed E-state index contributed by atoms with van der Waals surface area (Å²) in [7, 11) is -0.0710. The highest BCUT2D eigenvalue weighted by Gasteiger charge is 2.23. The minimum atomic E-state index is -0.0710. The van der Waals surface area contributed by atoms with Crippen LogP contribution in [-0.2, 0) is 9.31 Å². The van der Waals surface area contributed by atoms with E-state index in [2.05, 4.69) is 6.92 Å². The molecule has 0 aliphatic carbocycles. The minimum Gasteiger partial charge on any atom is -0.411 e. The fourth-order valence-electron chi connectivity index (χ4n) is 1.06. The van der Waals surface area contributed by atoms with Crippen molar-refractivity contribution >= 4 is 7.12 Å². The molecule has 1 fully saturated rings. The van der Waals surface area contributed by atoms with Gasteiger partial charge in [0.25, 0.3) is 0 Å². The van der Waals surface area contributed by atoms with E-state index in [1.807, 2.05) is 0 Å². The predicted octanol–water partition coefficient (Wildman–Crippen LogP) is 0.540. The lowest BCUT2D eigenvalue weighted by atomic mass is 9.81. The maximum absolute atomic E-state index is 8.54. The van der Waals surface area contributed by atoms with Crippen molar-refractivity contribution in [3.8, 4) is 0 Å². The van der Waals surface area contributed by atoms with Crippen LogP contribution < -0.4 is 0 Å². The van der Waals surface area contributed by atoms with E-state index in [0.717, 1.165) is 26.0 Å². The molecule has 1 rings (SSSR count). The molecule has 0 bridgehead atoms. The summed E-state index contributed by atoms with van der Waals surface area (Å²) in [6.45, 7) is 3.90. The standard InChI is InChI=1S/C7H15BO3/c1-7-5-10-8(11-6-7)3-2-4-9/h7,9H,2-6H2,1H3. The van der Waals surface area contributed by atoms with Crippen LogP contribution in [0, 0.1) is 5.92 Å². The molecule has 64 valence electrons. The summed E-state index contributed by atoms with van der Waals surface area (Å²) < 4.78 is 10.7. The summed E-state index contributed by atoms with van der Waals surface area (Å²) in [5.41, 5.74) is 0. The molecule has 3 nitrogen and oxygen atoms in total. The second-order valence-electron chi connectivity index (χ2n) is 3.07. The fraction of sp³-hybridized carbons (Fsp3) is 1.00. The number of hydrogen-bond acceptors (Lipinski definition) is 3. The number of aliphatic hydroxyl groups excluding tert-OH is 1. The van der Waals surface area contributed by atoms with E-state index in [4.69, 9.17) is 14.4 Å². The average Bonchev–Trinajstić information content (AvgIpc) is 2.04. The van der Waals surface area contributed by atoms with Crippen LogP contribution in [0.25, 0.3) is 0 Å². The van der Waals surface area contributed by atoms with Gasteiger partial charge in [-0.05, 0) is 18.7 Å². The van der Waals surface area contributed by atoms with Crippen LogP contribution in [0.2, 0.25) is 6.32 Å². The molecular formula is C7H15BO3. The monoisotopic (exact) mass is 158 g/mol. The summed E-state index contributed by atoms with van der Waals surface area (Å²) in [6.07, 6.45) is 1.57. The Bertz CT molecular complexity index is 99.1. The molecule has 0 aromatic heterocycles. The lowest BCUT2D eigenvalue weighted by Crippen LogP contribution is -2.34. The maximum Gasteiger partial charge on any atom is 0.456 e. The van der Waals surface area contributed by atoms with Crippen molar-refractivity contribution in [2.75, 3.05) is 19.8 Å². The molecule has 1 N–H and O–H groups in total. The molecule has 1 aliphatic heterocycles. The van der Waals surface area contributed by atoms with Crippen LogP contribution in [0.15, 0.2) is 0 Å². The molecule has 1 saturated heterocycles. The quantitative estimate of drug-likeness (QED) is 0.609. The van der Waals surface area contributed by atoms with Crippen LogP contribution in [0.4, 0.5) is 0 Å². The van der Waals surface area contributed by atoms with Crippen LogP contribution in [0.3, 0.4) is 0 Å². The molecule has 0 saturated carbocycles. The van der Waals surface area contributed by atoms with Gasteiger partial charge in [-0.3, -0.25) is 0 Å². The maximum atomic E-state index is 8.54. The van der Waals surface area contributed by atoms with Crippen molar-refractivity contribution in [1.82, 2.24) is 0 Å². The second kappa shape index (κ2) is 4.75. The van der Waals surface area contributed by atoms with Crippen LogP contribution >= 0.6 is 0 Å². The Morgan fingerprint density at radius 3 is 2.64 bits per heavy atom. The van der Waals surface area contributed by atoms with Gasteiger partial charge in [-0.25, -0.2) is 0 Å². The van der Waals surface area contributed by atoms with Gasteiger partial charge >= 0.3 is 7.12 Å². The van der Waals surface area contributed by atoms with E-state index < -0.39 is 0 Å². The van der Waals surface area contributed by atoms with Crippen LogP contribution in [0.1, 0.15) is 13.3 Å². The Balaban J connectivity index is 2.07. The van der Waals surface area contributed by atoms with E-state index in [1.54, 1.807) is 0 Å². The molecular weight excluding hydrogens is 143 g/mol. The molecule has 0 spiro atoms. The Kier molecular flexibility index (Phi) is 3.90. The van der Waals surface area contributed by atoms with Gasteiger partial charge < -0.3 is 14.4 Å². The smallest absolute Gasteiger partial charge is 0.411 e. The molecule has 1 aliphatic rings. The highest BCUT2D eigenvalue weighted by molar-refractivity contribution is 6.44. The van der Waals surface area contributed by atoms with Crippen LogP contribution in [-0.4, -0.2) is 32.0 Å². The summed E-state index contributed by atoms with van der Waals surface area (Å²) in [5.74, 6) is 0.514. The predicted molar refractivity (Wildman–Crippen MR) is 43.3 cm³/mol. The Labute approximate surface area is 67.8 Å². The van der Waals surface area contributed by atoms with Gasteiger partial charge in [0.05, 0.1) is 0 Å². The van der Waals surface area contributed by atoms with Crippen molar-refractivity contribution in [3.05, 3.63) is 0 Å². The molecule has 11 heavy (non-hydrogen) atoms. The Morgan fingerprint density at radius 2 is 2.09 bits per heavy atom. The second-order valence-corrected chi connectivity index (χ2v) is 3.07. The highest BCUT2D eigenvalue weighted by Crippen LogP contribution is 2.11. The third-order valence-corrected chi connectivity index (χ3v) is 1.73. The van der Waals surface area contributed by atoms with Gasteiger partial charge in [-0.1, -0.05) is 6.92 Å². The van der Waals surface area contributed by atoms with E-state index in [1.165, 1.54) is 0 Å². The first kappa shape index (κ1) is 9.04. The lowest BCUT2D eigenvalue weighted by molar-refractivity contribution is 0.0867. The number of hydrogen-bond donors (Lipinski definition) is 1. The van der Waals surface area contributed by atoms with Crippen molar-refractivity contribution in [2.24, 2.45) is 5.92 Å². The average molecular weight is 158 g/mol. The van der Waals surface area contributed by atoms with Gasteiger partial charge in [0, 0.05) is 19.8 Å². The van der Waals surface area contributed by atoms with E-state index in [9.17, 15) is 0 Å². The highest BCUT2D eigenvalue weighted by atomic mass is 16.6. The van der Waals surface area contributed by atoms with Crippen LogP contribution in [0.5, 0.6) is 0 Å². The van der Waals surface area contributed by atoms with E-state index >= 15 is 0 Å². The Morgan fingerprint density at radius 1 is 1.45 bits per heavy atom. The fourth-order valence-corrected chi connectivity index (χ4v) is 1.06. The van der Waals surface area contributed by atoms with Crippen molar-refractivity contribution in [2.45, 2.75) is 19.7 Å². The van der Waals surface area contributed by atoms with Gasteiger partial charge in [0.1, 0.15) is 0 Å². The van der Waals surface area contributed by atoms with Crippen molar-refractivity contribution < 1.29 is 14.4 Å². The third-order valence-electron chi connectivity index (χ3n) is 1.73. The van der Waals surface area contributed by atoms with Gasteiger partial charge in [0.2, 0.25) is 0 Å². The summed E-state index contributed by atoms with van der Waals surface area (Å²) in [4.78, 5) is 0. The number of rotatable bonds is 3. The Hall–Kier alpha value is -0.0551. The molecule has 0 radical (unpaired) electrons. The largest absolute Gasteiger partial charge is 0.456 e. The van der Waals surface area contributed by atoms with Crippen molar-refractivity contribution in [3.63, 3.8) is 0 Å². The summed E-state index contributed by atoms with van der Waals surface area (Å²) >= 11 is 0. The summed E-state index contributed by atoms with van der Waals surface area (Å²) in [6, 6.07) is 0. The molecule has 0 atom stereocenters. The first-order chi connectivity index (χ1) is 5.33. The summed E-state index contributed by atoms with van der Waals surface area (Å²) in [5, 5.41) is 8.54. The van der Waals surface area contributed by atoms with E-state index in [-0.39, 0.29) is 13.7 Å². The third kappa shape index (κ3) is 3.23. The molecule has 0 aromatic carbocycles. The number of aliphatic hydroxyl groups is 1. The normalized spacial score (nSPS) is 20.7. The SMILES string of the molecule is CC1COB(CCCO)OC1. The topological polar surface area (TPSA) is 38.7 Å². The van der Waals surface area contributed by atoms with Gasteiger partial charge in [-0.15, -0.1) is 0 Å². The lowest BCUT2D eigenvalue weighted by Gasteiger charge is -2.24. The van der Waals surface area contributed by atoms with Gasteiger partial charge in [0.15, 0.2) is 0 Å². The zero-order valence-corrected chi connectivity index (χ0v) is 6.95. The molecule has 0 aromatic rings. The zero-order valence-electron chi connectivity index (χ0n) is 6.95. The zero-order chi connectivity index (χ0) is 8.10. The molecule has 0 amide bonds. The molecule has 1 heterocycles. The van der Waals surface area contributed by atoms with E-state index in [0.29, 0.717) is 5.92 Å². The first-order valence-electron chi connectivity index (χ1n) is 4.17. The first-order valence-corrected chi connectivity index (χ1v) is 4.17. The van der Waals surface area contributed by atoms with Gasteiger partial charge in [-0.2, -0.15) is 0 Å². The minimum absolute atomic E-state index is 0.0710. The molecule has 0 unspecified atom stereocenters. The van der Waals surface area contributed by atoms with Crippen molar-refractivity contribution in [1.29, 1.82) is 0 Å².